The Labute approximate surface area is 298 Å². The second kappa shape index (κ2) is 38.2. The van der Waals surface area contributed by atoms with E-state index in [9.17, 15) is 14.4 Å². The molecule has 6 nitrogen and oxygen atoms in total. The Bertz CT molecular complexity index is 712. The Morgan fingerprint density at radius 2 is 0.771 bits per heavy atom. The minimum Gasteiger partial charge on any atom is -0.480 e. The molecular weight excluding hydrogens is 598 g/mol. The summed E-state index contributed by atoms with van der Waals surface area (Å²) in [4.78, 5) is 35.0. The Morgan fingerprint density at radius 3 is 1.12 bits per heavy atom. The lowest BCUT2D eigenvalue weighted by Gasteiger charge is -2.18. The van der Waals surface area contributed by atoms with Crippen molar-refractivity contribution >= 4 is 17.8 Å². The van der Waals surface area contributed by atoms with E-state index in [-0.39, 0.29) is 24.5 Å². The summed E-state index contributed by atoms with van der Waals surface area (Å²) in [6.07, 6.45) is 42.2. The highest BCUT2D eigenvalue weighted by Gasteiger charge is 2.14. The predicted molar refractivity (Wildman–Crippen MR) is 203 cm³/mol. The first kappa shape index (κ1) is 46.4. The summed E-state index contributed by atoms with van der Waals surface area (Å²) < 4.78 is 6.03. The standard InChI is InChI=1S/C42H81NO5/c1-3-5-7-9-11-13-15-16-17-18-20-21-23-26-30-34-39(35-31-27-25-28-32-36-40(44)43-38-41(45)46)48-42(47)37-33-29-24-22-19-14-12-10-8-6-4-2/h39H,3-38H2,1-2H3,(H,43,44)(H,45,46). The van der Waals surface area contributed by atoms with Gasteiger partial charge in [-0.25, -0.2) is 0 Å². The molecule has 1 atom stereocenters. The van der Waals surface area contributed by atoms with E-state index in [1.54, 1.807) is 0 Å². The second-order valence-corrected chi connectivity index (χ2v) is 14.6. The number of nitrogens with one attached hydrogen (secondary N) is 1. The molecule has 0 fully saturated rings. The van der Waals surface area contributed by atoms with Crippen molar-refractivity contribution in [3.8, 4) is 0 Å². The van der Waals surface area contributed by atoms with E-state index in [2.05, 4.69) is 19.2 Å². The molecule has 0 bridgehead atoms. The molecule has 0 saturated heterocycles. The summed E-state index contributed by atoms with van der Waals surface area (Å²) in [6.45, 7) is 4.24. The Balaban J connectivity index is 4.13. The average molecular weight is 680 g/mol. The third-order valence-electron chi connectivity index (χ3n) is 9.78. The largest absolute Gasteiger partial charge is 0.480 e. The molecule has 0 spiro atoms. The fourth-order valence-electron chi connectivity index (χ4n) is 6.63. The van der Waals surface area contributed by atoms with E-state index in [4.69, 9.17) is 9.84 Å². The zero-order chi connectivity index (χ0) is 35.2. The van der Waals surface area contributed by atoms with Crippen LogP contribution in [0.5, 0.6) is 0 Å². The van der Waals surface area contributed by atoms with Gasteiger partial charge in [-0.3, -0.25) is 14.4 Å². The van der Waals surface area contributed by atoms with Gasteiger partial charge in [0.2, 0.25) is 5.91 Å². The highest BCUT2D eigenvalue weighted by atomic mass is 16.5. The van der Waals surface area contributed by atoms with Gasteiger partial charge >= 0.3 is 11.9 Å². The monoisotopic (exact) mass is 680 g/mol. The molecule has 0 heterocycles. The molecule has 0 aromatic heterocycles. The molecule has 1 unspecified atom stereocenters. The third-order valence-corrected chi connectivity index (χ3v) is 9.78. The summed E-state index contributed by atoms with van der Waals surface area (Å²) in [5, 5.41) is 11.1. The molecule has 0 radical (unpaired) electrons. The van der Waals surface area contributed by atoms with Gasteiger partial charge in [0.15, 0.2) is 0 Å². The molecule has 48 heavy (non-hydrogen) atoms. The summed E-state index contributed by atoms with van der Waals surface area (Å²) >= 11 is 0. The number of ether oxygens (including phenoxy) is 1. The van der Waals surface area contributed by atoms with E-state index in [0.29, 0.717) is 12.8 Å². The highest BCUT2D eigenvalue weighted by Crippen LogP contribution is 2.19. The summed E-state index contributed by atoms with van der Waals surface area (Å²) in [5.41, 5.74) is 0. The van der Waals surface area contributed by atoms with Gasteiger partial charge in [-0.05, 0) is 38.5 Å². The maximum Gasteiger partial charge on any atom is 0.322 e. The SMILES string of the molecule is CCCCCCCCCCCCCCCCCC(CCCCCCCC(=O)NCC(=O)O)OC(=O)CCCCCCCCCCCCC. The van der Waals surface area contributed by atoms with E-state index in [1.807, 2.05) is 0 Å². The van der Waals surface area contributed by atoms with Crippen LogP contribution in [0, 0.1) is 0 Å². The van der Waals surface area contributed by atoms with E-state index in [1.165, 1.54) is 148 Å². The van der Waals surface area contributed by atoms with Crippen molar-refractivity contribution in [2.75, 3.05) is 6.54 Å². The lowest BCUT2D eigenvalue weighted by molar-refractivity contribution is -0.150. The smallest absolute Gasteiger partial charge is 0.322 e. The first-order chi connectivity index (χ1) is 23.5. The molecule has 0 aliphatic rings. The Hall–Kier alpha value is -1.59. The molecule has 6 heteroatoms. The van der Waals surface area contributed by atoms with E-state index < -0.39 is 5.97 Å². The van der Waals surface area contributed by atoms with Crippen LogP contribution in [-0.2, 0) is 19.1 Å². The molecule has 0 aromatic rings. The first-order valence-corrected chi connectivity index (χ1v) is 21.2. The first-order valence-electron chi connectivity index (χ1n) is 21.2. The quantitative estimate of drug-likeness (QED) is 0.0498. The lowest BCUT2D eigenvalue weighted by atomic mass is 10.0. The minimum atomic E-state index is -1.01. The molecular formula is C42H81NO5. The van der Waals surface area contributed by atoms with Gasteiger partial charge in [0.1, 0.15) is 12.6 Å². The molecule has 1 amide bonds. The number of carbonyl (C=O) groups is 3. The number of aliphatic carboxylic acids is 1. The number of carbonyl (C=O) groups excluding carboxylic acids is 2. The van der Waals surface area contributed by atoms with Crippen LogP contribution in [-0.4, -0.2) is 35.6 Å². The van der Waals surface area contributed by atoms with Crippen molar-refractivity contribution in [2.45, 2.75) is 245 Å². The number of rotatable bonds is 39. The zero-order valence-electron chi connectivity index (χ0n) is 32.1. The molecule has 0 aromatic carbocycles. The van der Waals surface area contributed by atoms with Crippen LogP contribution >= 0.6 is 0 Å². The van der Waals surface area contributed by atoms with E-state index >= 15 is 0 Å². The fraction of sp³-hybridized carbons (Fsp3) is 0.929. The molecule has 0 saturated carbocycles. The zero-order valence-corrected chi connectivity index (χ0v) is 32.1. The molecule has 284 valence electrons. The maximum atomic E-state index is 12.7. The average Bonchev–Trinajstić information content (AvgIpc) is 3.07. The molecule has 0 aliphatic carbocycles. The number of hydrogen-bond acceptors (Lipinski definition) is 4. The maximum absolute atomic E-state index is 12.7. The van der Waals surface area contributed by atoms with Crippen LogP contribution in [0.25, 0.3) is 0 Å². The van der Waals surface area contributed by atoms with Crippen LogP contribution in [0.1, 0.15) is 239 Å². The summed E-state index contributed by atoms with van der Waals surface area (Å²) in [7, 11) is 0. The van der Waals surface area contributed by atoms with Crippen molar-refractivity contribution in [3.63, 3.8) is 0 Å². The van der Waals surface area contributed by atoms with Crippen LogP contribution in [0.2, 0.25) is 0 Å². The predicted octanol–water partition coefficient (Wildman–Crippen LogP) is 12.8. The van der Waals surface area contributed by atoms with Gasteiger partial charge in [0.05, 0.1) is 0 Å². The van der Waals surface area contributed by atoms with Gasteiger partial charge in [0, 0.05) is 12.8 Å². The lowest BCUT2D eigenvalue weighted by Crippen LogP contribution is -2.28. The van der Waals surface area contributed by atoms with Gasteiger partial charge in [-0.2, -0.15) is 0 Å². The van der Waals surface area contributed by atoms with Crippen molar-refractivity contribution in [1.82, 2.24) is 5.32 Å². The van der Waals surface area contributed by atoms with E-state index in [0.717, 1.165) is 64.2 Å². The van der Waals surface area contributed by atoms with Crippen molar-refractivity contribution in [3.05, 3.63) is 0 Å². The second-order valence-electron chi connectivity index (χ2n) is 14.6. The summed E-state index contributed by atoms with van der Waals surface area (Å²) in [5.74, 6) is -1.21. The van der Waals surface area contributed by atoms with Gasteiger partial charge in [-0.1, -0.05) is 187 Å². The number of esters is 1. The number of amides is 1. The van der Waals surface area contributed by atoms with Crippen molar-refractivity contribution in [2.24, 2.45) is 0 Å². The topological polar surface area (TPSA) is 92.7 Å². The third kappa shape index (κ3) is 37.2. The van der Waals surface area contributed by atoms with Gasteiger partial charge < -0.3 is 15.2 Å². The van der Waals surface area contributed by atoms with Crippen molar-refractivity contribution in [1.29, 1.82) is 0 Å². The number of carboxylic acids is 1. The van der Waals surface area contributed by atoms with Crippen LogP contribution in [0.4, 0.5) is 0 Å². The van der Waals surface area contributed by atoms with Crippen LogP contribution < -0.4 is 5.32 Å². The van der Waals surface area contributed by atoms with Gasteiger partial charge in [-0.15, -0.1) is 0 Å². The Morgan fingerprint density at radius 1 is 0.458 bits per heavy atom. The minimum absolute atomic E-state index is 0.00995. The Kier molecular flexibility index (Phi) is 36.9. The highest BCUT2D eigenvalue weighted by molar-refractivity contribution is 5.80. The van der Waals surface area contributed by atoms with Crippen LogP contribution in [0.15, 0.2) is 0 Å². The number of hydrogen-bond donors (Lipinski definition) is 2. The van der Waals surface area contributed by atoms with Gasteiger partial charge in [0.25, 0.3) is 0 Å². The molecule has 0 rings (SSSR count). The number of carboxylic acid groups (broad SMARTS) is 1. The molecule has 2 N–H and O–H groups in total. The number of unbranched alkanes of at least 4 members (excludes halogenated alkanes) is 28. The fourth-order valence-corrected chi connectivity index (χ4v) is 6.63. The molecule has 0 aliphatic heterocycles. The van der Waals surface area contributed by atoms with Crippen molar-refractivity contribution < 1.29 is 24.2 Å². The van der Waals surface area contributed by atoms with Crippen LogP contribution in [0.3, 0.4) is 0 Å². The summed E-state index contributed by atoms with van der Waals surface area (Å²) in [6, 6.07) is 0. The normalized spacial score (nSPS) is 11.9.